The zero-order chi connectivity index (χ0) is 14.1. The van der Waals surface area contributed by atoms with Gasteiger partial charge in [0, 0.05) is 19.0 Å². The first kappa shape index (κ1) is 13.1. The van der Waals surface area contributed by atoms with Crippen LogP contribution in [0.2, 0.25) is 5.02 Å². The molecule has 1 heterocycles. The molecule has 1 fully saturated rings. The van der Waals surface area contributed by atoms with Gasteiger partial charge in [-0.25, -0.2) is 9.37 Å². The van der Waals surface area contributed by atoms with Gasteiger partial charge in [0.15, 0.2) is 0 Å². The molecule has 0 atom stereocenters. The third-order valence-electron chi connectivity index (χ3n) is 3.16. The lowest BCUT2D eigenvalue weighted by Gasteiger charge is -2.10. The van der Waals surface area contributed by atoms with Crippen molar-refractivity contribution < 1.29 is 4.39 Å². The van der Waals surface area contributed by atoms with Crippen LogP contribution in [-0.2, 0) is 0 Å². The molecule has 1 aromatic heterocycles. The predicted octanol–water partition coefficient (Wildman–Crippen LogP) is 3.93. The second-order valence-corrected chi connectivity index (χ2v) is 5.18. The van der Waals surface area contributed by atoms with Gasteiger partial charge in [-0.15, -0.1) is 0 Å². The number of benzene rings is 1. The normalized spacial score (nSPS) is 14.2. The average Bonchev–Trinajstić information content (AvgIpc) is 3.26. The molecule has 0 unspecified atom stereocenters. The van der Waals surface area contributed by atoms with Crippen molar-refractivity contribution in [2.45, 2.75) is 18.8 Å². The minimum absolute atomic E-state index is 0.322. The van der Waals surface area contributed by atoms with E-state index in [1.807, 2.05) is 6.07 Å². The molecule has 1 aliphatic rings. The number of halogens is 2. The summed E-state index contributed by atoms with van der Waals surface area (Å²) in [6.45, 7) is 0. The molecular weight excluding hydrogens is 279 g/mol. The molecule has 6 heteroatoms. The Kier molecular flexibility index (Phi) is 3.44. The van der Waals surface area contributed by atoms with E-state index in [0.29, 0.717) is 28.4 Å². The smallest absolute Gasteiger partial charge is 0.224 e. The molecule has 2 aromatic rings. The number of rotatable bonds is 4. The summed E-state index contributed by atoms with van der Waals surface area (Å²) in [7, 11) is 1.78. The van der Waals surface area contributed by atoms with Gasteiger partial charge in [-0.3, -0.25) is 0 Å². The van der Waals surface area contributed by atoms with E-state index in [-0.39, 0.29) is 5.82 Å². The van der Waals surface area contributed by atoms with E-state index in [1.165, 1.54) is 12.1 Å². The Bertz CT molecular complexity index is 643. The van der Waals surface area contributed by atoms with E-state index < -0.39 is 0 Å². The summed E-state index contributed by atoms with van der Waals surface area (Å²) in [5.74, 6) is 1.38. The third kappa shape index (κ3) is 2.82. The van der Waals surface area contributed by atoms with Crippen LogP contribution in [-0.4, -0.2) is 17.0 Å². The fourth-order valence-corrected chi connectivity index (χ4v) is 2.17. The molecule has 0 amide bonds. The zero-order valence-corrected chi connectivity index (χ0v) is 11.7. The Labute approximate surface area is 121 Å². The summed E-state index contributed by atoms with van der Waals surface area (Å²) in [4.78, 5) is 8.77. The van der Waals surface area contributed by atoms with E-state index in [2.05, 4.69) is 20.6 Å². The Morgan fingerprint density at radius 2 is 2.05 bits per heavy atom. The monoisotopic (exact) mass is 292 g/mol. The molecule has 3 rings (SSSR count). The van der Waals surface area contributed by atoms with E-state index in [0.717, 1.165) is 18.5 Å². The van der Waals surface area contributed by atoms with Crippen molar-refractivity contribution in [1.82, 2.24) is 9.97 Å². The molecule has 104 valence electrons. The molecule has 20 heavy (non-hydrogen) atoms. The van der Waals surface area contributed by atoms with Crippen molar-refractivity contribution in [3.05, 3.63) is 40.8 Å². The summed E-state index contributed by atoms with van der Waals surface area (Å²) < 4.78 is 13.0. The van der Waals surface area contributed by atoms with Crippen molar-refractivity contribution in [3.8, 4) is 0 Å². The SMILES string of the molecule is CNc1nc(Nc2ccc(F)cc2Cl)cc(C2CC2)n1. The van der Waals surface area contributed by atoms with Gasteiger partial charge in [0.05, 0.1) is 16.4 Å². The lowest BCUT2D eigenvalue weighted by Crippen LogP contribution is -2.03. The van der Waals surface area contributed by atoms with Crippen molar-refractivity contribution >= 4 is 29.1 Å². The molecular formula is C14H14ClFN4. The van der Waals surface area contributed by atoms with Gasteiger partial charge in [0.1, 0.15) is 11.6 Å². The minimum atomic E-state index is -0.363. The van der Waals surface area contributed by atoms with Crippen LogP contribution in [0.25, 0.3) is 0 Å². The second-order valence-electron chi connectivity index (χ2n) is 4.78. The van der Waals surface area contributed by atoms with Crippen molar-refractivity contribution in [2.24, 2.45) is 0 Å². The van der Waals surface area contributed by atoms with Crippen LogP contribution in [0.4, 0.5) is 21.8 Å². The van der Waals surface area contributed by atoms with Crippen molar-refractivity contribution in [2.75, 3.05) is 17.7 Å². The van der Waals surface area contributed by atoms with Crippen LogP contribution in [0.3, 0.4) is 0 Å². The number of anilines is 3. The average molecular weight is 293 g/mol. The number of nitrogens with zero attached hydrogens (tertiary/aromatic N) is 2. The molecule has 0 aliphatic heterocycles. The van der Waals surface area contributed by atoms with Crippen LogP contribution in [0.15, 0.2) is 24.3 Å². The first-order chi connectivity index (χ1) is 9.65. The maximum atomic E-state index is 13.0. The summed E-state index contributed by atoms with van der Waals surface area (Å²) in [5.41, 5.74) is 1.64. The second kappa shape index (κ2) is 5.25. The van der Waals surface area contributed by atoms with Gasteiger partial charge in [-0.2, -0.15) is 4.98 Å². The summed E-state index contributed by atoms with van der Waals surface area (Å²) in [6, 6.07) is 6.13. The fourth-order valence-electron chi connectivity index (χ4n) is 1.96. The van der Waals surface area contributed by atoms with Crippen molar-refractivity contribution in [3.63, 3.8) is 0 Å². The van der Waals surface area contributed by atoms with E-state index >= 15 is 0 Å². The number of hydrogen-bond donors (Lipinski definition) is 2. The number of aromatic nitrogens is 2. The Balaban J connectivity index is 1.91. The fraction of sp³-hybridized carbons (Fsp3) is 0.286. The first-order valence-corrected chi connectivity index (χ1v) is 6.82. The van der Waals surface area contributed by atoms with Crippen molar-refractivity contribution in [1.29, 1.82) is 0 Å². The van der Waals surface area contributed by atoms with Gasteiger partial charge >= 0.3 is 0 Å². The Morgan fingerprint density at radius 3 is 2.70 bits per heavy atom. The largest absolute Gasteiger partial charge is 0.357 e. The summed E-state index contributed by atoms with van der Waals surface area (Å²) in [6.07, 6.45) is 2.33. The Hall–Kier alpha value is -1.88. The molecule has 0 bridgehead atoms. The highest BCUT2D eigenvalue weighted by atomic mass is 35.5. The molecule has 0 spiro atoms. The van der Waals surface area contributed by atoms with Gasteiger partial charge in [0.2, 0.25) is 5.95 Å². The Morgan fingerprint density at radius 1 is 1.25 bits per heavy atom. The quantitative estimate of drug-likeness (QED) is 0.896. The van der Waals surface area contributed by atoms with Gasteiger partial charge in [0.25, 0.3) is 0 Å². The van der Waals surface area contributed by atoms with Gasteiger partial charge in [-0.1, -0.05) is 11.6 Å². The van der Waals surface area contributed by atoms with Gasteiger partial charge in [-0.05, 0) is 31.0 Å². The molecule has 2 N–H and O–H groups in total. The lowest BCUT2D eigenvalue weighted by molar-refractivity contribution is 0.628. The molecule has 1 aliphatic carbocycles. The lowest BCUT2D eigenvalue weighted by atomic mass is 10.2. The van der Waals surface area contributed by atoms with Crippen LogP contribution in [0, 0.1) is 5.82 Å². The summed E-state index contributed by atoms with van der Waals surface area (Å²) >= 11 is 6.01. The van der Waals surface area contributed by atoms with Crippen LogP contribution >= 0.6 is 11.6 Å². The number of hydrogen-bond acceptors (Lipinski definition) is 4. The van der Waals surface area contributed by atoms with E-state index in [4.69, 9.17) is 11.6 Å². The standard InChI is InChI=1S/C14H14ClFN4/c1-17-14-19-12(8-2-3-8)7-13(20-14)18-11-5-4-9(16)6-10(11)15/h4-8H,2-3H2,1H3,(H2,17,18,19,20). The minimum Gasteiger partial charge on any atom is -0.357 e. The molecule has 0 saturated heterocycles. The van der Waals surface area contributed by atoms with E-state index in [9.17, 15) is 4.39 Å². The van der Waals surface area contributed by atoms with Gasteiger partial charge < -0.3 is 10.6 Å². The highest BCUT2D eigenvalue weighted by molar-refractivity contribution is 6.33. The van der Waals surface area contributed by atoms with Crippen LogP contribution in [0.1, 0.15) is 24.5 Å². The maximum Gasteiger partial charge on any atom is 0.224 e. The molecule has 4 nitrogen and oxygen atoms in total. The number of nitrogens with one attached hydrogen (secondary N) is 2. The molecule has 1 saturated carbocycles. The zero-order valence-electron chi connectivity index (χ0n) is 11.0. The summed E-state index contributed by atoms with van der Waals surface area (Å²) in [5, 5.41) is 6.37. The van der Waals surface area contributed by atoms with E-state index in [1.54, 1.807) is 13.1 Å². The van der Waals surface area contributed by atoms with Crippen LogP contribution < -0.4 is 10.6 Å². The maximum absolute atomic E-state index is 13.0. The third-order valence-corrected chi connectivity index (χ3v) is 3.47. The molecule has 1 aromatic carbocycles. The molecule has 0 radical (unpaired) electrons. The topological polar surface area (TPSA) is 49.8 Å². The highest BCUT2D eigenvalue weighted by Gasteiger charge is 2.26. The predicted molar refractivity (Wildman–Crippen MR) is 78.2 cm³/mol. The first-order valence-electron chi connectivity index (χ1n) is 6.44. The highest BCUT2D eigenvalue weighted by Crippen LogP contribution is 2.40. The van der Waals surface area contributed by atoms with Crippen LogP contribution in [0.5, 0.6) is 0 Å².